The van der Waals surface area contributed by atoms with E-state index in [1.165, 1.54) is 0 Å². The first-order valence-corrected chi connectivity index (χ1v) is 13.2. The van der Waals surface area contributed by atoms with E-state index in [9.17, 15) is 5.11 Å². The van der Waals surface area contributed by atoms with Crippen molar-refractivity contribution >= 4 is 17.8 Å². The van der Waals surface area contributed by atoms with Crippen LogP contribution < -0.4 is 38.1 Å². The molecule has 38 heavy (non-hydrogen) atoms. The molecule has 11 nitrogen and oxygen atoms in total. The van der Waals surface area contributed by atoms with Crippen molar-refractivity contribution in [2.24, 2.45) is 22.9 Å². The number of anilines is 3. The van der Waals surface area contributed by atoms with E-state index in [0.29, 0.717) is 44.0 Å². The summed E-state index contributed by atoms with van der Waals surface area (Å²) in [6.07, 6.45) is 0.639. The molecule has 3 aromatic rings. The van der Waals surface area contributed by atoms with Crippen molar-refractivity contribution in [3.05, 3.63) is 71.8 Å². The molecule has 0 bridgehead atoms. The summed E-state index contributed by atoms with van der Waals surface area (Å²) in [5.74, 6) is 1.31. The molecule has 0 amide bonds. The van der Waals surface area contributed by atoms with Gasteiger partial charge >= 0.3 is 0 Å². The molecule has 5 rings (SSSR count). The lowest BCUT2D eigenvalue weighted by Gasteiger charge is -2.37. The van der Waals surface area contributed by atoms with Crippen LogP contribution >= 0.6 is 0 Å². The number of hydrogen-bond acceptors (Lipinski definition) is 11. The highest BCUT2D eigenvalue weighted by Gasteiger charge is 2.30. The maximum absolute atomic E-state index is 11.4. The van der Waals surface area contributed by atoms with Gasteiger partial charge in [0.1, 0.15) is 6.10 Å². The molecule has 0 spiro atoms. The third kappa shape index (κ3) is 6.20. The van der Waals surface area contributed by atoms with Crippen molar-refractivity contribution in [2.75, 3.05) is 41.3 Å². The SMILES string of the molecule is N[C@@H]1C[C@H](N)CN(c2nc(N[C@H](c3ccccc3)C(O)c3ccccc3)nc(N3C[C@H](N)C[C@H](N)C3)n2)C1. The number of nitrogens with zero attached hydrogens (tertiary/aromatic N) is 5. The van der Waals surface area contributed by atoms with E-state index in [1.54, 1.807) is 0 Å². The number of aliphatic hydroxyl groups is 1. The molecule has 2 aliphatic heterocycles. The molecule has 2 fully saturated rings. The van der Waals surface area contributed by atoms with Crippen molar-refractivity contribution < 1.29 is 5.11 Å². The molecular weight excluding hydrogens is 480 g/mol. The summed E-state index contributed by atoms with van der Waals surface area (Å²) < 4.78 is 0. The number of hydrogen-bond donors (Lipinski definition) is 6. The average molecular weight is 519 g/mol. The van der Waals surface area contributed by atoms with Gasteiger partial charge in [-0.1, -0.05) is 60.7 Å². The second-order valence-corrected chi connectivity index (χ2v) is 10.5. The third-order valence-corrected chi connectivity index (χ3v) is 7.11. The standard InChI is InChI=1S/C27H38N10O/c28-19-11-20(29)14-36(13-19)26-33-25(34-27(35-26)37-15-21(30)12-22(31)16-37)32-23(17-7-3-1-4-8-17)24(38)18-9-5-2-6-10-18/h1-10,19-24,38H,11-16,28-31H2,(H,32,33,34,35)/t19-,20+,21-,22+,23-,24?/m1/s1. The van der Waals surface area contributed by atoms with Gasteiger partial charge in [-0.25, -0.2) is 0 Å². The van der Waals surface area contributed by atoms with E-state index in [1.807, 2.05) is 70.5 Å². The van der Waals surface area contributed by atoms with Crippen LogP contribution in [0.4, 0.5) is 17.8 Å². The average Bonchev–Trinajstić information content (AvgIpc) is 2.91. The van der Waals surface area contributed by atoms with Gasteiger partial charge in [0.15, 0.2) is 0 Å². The summed E-state index contributed by atoms with van der Waals surface area (Å²) in [5.41, 5.74) is 26.8. The maximum atomic E-state index is 11.4. The van der Waals surface area contributed by atoms with Crippen LogP contribution in [0.3, 0.4) is 0 Å². The molecular formula is C27H38N10O. The summed E-state index contributed by atoms with van der Waals surface area (Å²) in [4.78, 5) is 18.4. The van der Waals surface area contributed by atoms with Crippen LogP contribution in [0.15, 0.2) is 60.7 Å². The van der Waals surface area contributed by atoms with Crippen LogP contribution in [0, 0.1) is 0 Å². The first-order valence-electron chi connectivity index (χ1n) is 13.2. The fourth-order valence-corrected chi connectivity index (χ4v) is 5.37. The second kappa shape index (κ2) is 11.6. The van der Waals surface area contributed by atoms with Crippen LogP contribution in [-0.4, -0.2) is 70.4 Å². The number of nitrogens with one attached hydrogen (secondary N) is 1. The maximum Gasteiger partial charge on any atom is 0.232 e. The molecule has 0 aliphatic carbocycles. The fourth-order valence-electron chi connectivity index (χ4n) is 5.37. The van der Waals surface area contributed by atoms with Gasteiger partial charge < -0.3 is 43.2 Å². The van der Waals surface area contributed by atoms with Gasteiger partial charge in [0.2, 0.25) is 17.8 Å². The molecule has 202 valence electrons. The van der Waals surface area contributed by atoms with Gasteiger partial charge in [0.05, 0.1) is 6.04 Å². The van der Waals surface area contributed by atoms with Gasteiger partial charge in [0.25, 0.3) is 0 Å². The molecule has 0 saturated carbocycles. The topological polar surface area (TPSA) is 181 Å². The van der Waals surface area contributed by atoms with E-state index in [4.69, 9.17) is 37.9 Å². The first-order chi connectivity index (χ1) is 18.4. The minimum atomic E-state index is -0.851. The third-order valence-electron chi connectivity index (χ3n) is 7.11. The molecule has 1 aromatic heterocycles. The zero-order valence-corrected chi connectivity index (χ0v) is 21.5. The van der Waals surface area contributed by atoms with Gasteiger partial charge in [-0.15, -0.1) is 0 Å². The quantitative estimate of drug-likeness (QED) is 0.256. The lowest BCUT2D eigenvalue weighted by atomic mass is 9.96. The lowest BCUT2D eigenvalue weighted by Crippen LogP contribution is -2.54. The number of piperidine rings is 2. The van der Waals surface area contributed by atoms with Gasteiger partial charge in [-0.2, -0.15) is 15.0 Å². The second-order valence-electron chi connectivity index (χ2n) is 10.5. The molecule has 11 heteroatoms. The van der Waals surface area contributed by atoms with Gasteiger partial charge in [-0.05, 0) is 24.0 Å². The minimum absolute atomic E-state index is 0.0795. The Hall–Kier alpha value is -3.35. The summed E-state index contributed by atoms with van der Waals surface area (Å²) in [7, 11) is 0. The van der Waals surface area contributed by atoms with E-state index < -0.39 is 12.1 Å². The Balaban J connectivity index is 1.53. The number of aliphatic hydroxyl groups excluding tert-OH is 1. The summed E-state index contributed by atoms with van der Waals surface area (Å²) >= 11 is 0. The Labute approximate surface area is 223 Å². The van der Waals surface area contributed by atoms with Gasteiger partial charge in [0, 0.05) is 50.3 Å². The Kier molecular flexibility index (Phi) is 8.01. The van der Waals surface area contributed by atoms with E-state index in [0.717, 1.165) is 24.0 Å². The summed E-state index contributed by atoms with van der Waals surface area (Å²) in [6, 6.07) is 18.5. The van der Waals surface area contributed by atoms with Crippen molar-refractivity contribution in [3.8, 4) is 0 Å². The number of rotatable bonds is 7. The van der Waals surface area contributed by atoms with Crippen LogP contribution in [0.2, 0.25) is 0 Å². The highest BCUT2D eigenvalue weighted by atomic mass is 16.3. The van der Waals surface area contributed by atoms with Crippen LogP contribution in [0.5, 0.6) is 0 Å². The van der Waals surface area contributed by atoms with Crippen LogP contribution in [0.1, 0.15) is 36.1 Å². The first kappa shape index (κ1) is 26.3. The van der Waals surface area contributed by atoms with Crippen molar-refractivity contribution in [1.82, 2.24) is 15.0 Å². The predicted molar refractivity (Wildman–Crippen MR) is 150 cm³/mol. The number of nitrogens with two attached hydrogens (primary N) is 4. The Bertz CT molecular complexity index is 1120. The Morgan fingerprint density at radius 3 is 1.53 bits per heavy atom. The van der Waals surface area contributed by atoms with Crippen molar-refractivity contribution in [3.63, 3.8) is 0 Å². The van der Waals surface area contributed by atoms with E-state index in [2.05, 4.69) is 5.32 Å². The molecule has 1 unspecified atom stereocenters. The van der Waals surface area contributed by atoms with Crippen LogP contribution in [0.25, 0.3) is 0 Å². The smallest absolute Gasteiger partial charge is 0.232 e. The zero-order valence-electron chi connectivity index (χ0n) is 21.5. The summed E-state index contributed by atoms with van der Waals surface area (Å²) in [6.45, 7) is 2.35. The monoisotopic (exact) mass is 518 g/mol. The Morgan fingerprint density at radius 2 is 1.08 bits per heavy atom. The van der Waals surface area contributed by atoms with Crippen molar-refractivity contribution in [1.29, 1.82) is 0 Å². The molecule has 2 aliphatic rings. The molecule has 3 heterocycles. The highest BCUT2D eigenvalue weighted by molar-refractivity contribution is 5.48. The summed E-state index contributed by atoms with van der Waals surface area (Å²) in [5, 5.41) is 14.9. The molecule has 2 saturated heterocycles. The number of aromatic nitrogens is 3. The Morgan fingerprint density at radius 1 is 0.658 bits per heavy atom. The lowest BCUT2D eigenvalue weighted by molar-refractivity contribution is 0.154. The predicted octanol–water partition coefficient (Wildman–Crippen LogP) is 0.488. The number of benzene rings is 2. The fraction of sp³-hybridized carbons (Fsp3) is 0.444. The molecule has 0 radical (unpaired) electrons. The van der Waals surface area contributed by atoms with Gasteiger partial charge in [-0.3, -0.25) is 0 Å². The van der Waals surface area contributed by atoms with E-state index in [-0.39, 0.29) is 24.2 Å². The molecule has 6 atom stereocenters. The largest absolute Gasteiger partial charge is 0.386 e. The van der Waals surface area contributed by atoms with Crippen LogP contribution in [-0.2, 0) is 0 Å². The minimum Gasteiger partial charge on any atom is -0.386 e. The normalized spacial score (nSPS) is 25.6. The van der Waals surface area contributed by atoms with Crippen molar-refractivity contribution in [2.45, 2.75) is 49.2 Å². The highest BCUT2D eigenvalue weighted by Crippen LogP contribution is 2.32. The molecule has 2 aromatic carbocycles. The molecule has 10 N–H and O–H groups in total. The van der Waals surface area contributed by atoms with E-state index >= 15 is 0 Å². The zero-order chi connectivity index (χ0) is 26.6.